The van der Waals surface area contributed by atoms with Crippen LogP contribution in [0.2, 0.25) is 5.02 Å². The van der Waals surface area contributed by atoms with E-state index in [1.807, 2.05) is 0 Å². The molecule has 17 heavy (non-hydrogen) atoms. The van der Waals surface area contributed by atoms with E-state index in [0.717, 1.165) is 0 Å². The molecule has 0 fully saturated rings. The number of methoxy groups -OCH3 is 1. The van der Waals surface area contributed by atoms with Crippen molar-refractivity contribution < 1.29 is 14.5 Å². The van der Waals surface area contributed by atoms with Crippen LogP contribution < -0.4 is 0 Å². The van der Waals surface area contributed by atoms with Crippen molar-refractivity contribution in [1.82, 2.24) is 0 Å². The third kappa shape index (κ3) is 2.71. The number of hydrogen-bond donors (Lipinski definition) is 0. The molecule has 0 atom stereocenters. The summed E-state index contributed by atoms with van der Waals surface area (Å²) in [5.74, 6) is -0.626. The van der Waals surface area contributed by atoms with Crippen LogP contribution >= 0.6 is 11.6 Å². The van der Waals surface area contributed by atoms with Crippen molar-refractivity contribution in [1.29, 1.82) is 5.26 Å². The van der Waals surface area contributed by atoms with Gasteiger partial charge in [-0.3, -0.25) is 14.9 Å². The SMILES string of the molecule is COC(=O)Cc1ccc(Cl)c(C#N)c1[N+](=O)[O-]. The summed E-state index contributed by atoms with van der Waals surface area (Å²) in [4.78, 5) is 21.2. The number of esters is 1. The van der Waals surface area contributed by atoms with Crippen LogP contribution in [-0.2, 0) is 16.0 Å². The first-order chi connectivity index (χ1) is 8.01. The third-order valence-corrected chi connectivity index (χ3v) is 2.38. The number of ether oxygens (including phenoxy) is 1. The third-order valence-electron chi connectivity index (χ3n) is 2.07. The van der Waals surface area contributed by atoms with Crippen LogP contribution in [0, 0.1) is 21.4 Å². The molecule has 1 aromatic rings. The van der Waals surface area contributed by atoms with Gasteiger partial charge in [0.2, 0.25) is 0 Å². The van der Waals surface area contributed by atoms with Crippen molar-refractivity contribution in [3.8, 4) is 6.07 Å². The van der Waals surface area contributed by atoms with Crippen molar-refractivity contribution in [2.24, 2.45) is 0 Å². The molecule has 0 N–H and O–H groups in total. The molecular weight excluding hydrogens is 248 g/mol. The Hall–Kier alpha value is -2.13. The number of nitro benzene ring substituents is 1. The fraction of sp³-hybridized carbons (Fsp3) is 0.200. The Bertz CT molecular complexity index is 522. The van der Waals surface area contributed by atoms with E-state index >= 15 is 0 Å². The Kier molecular flexibility index (Phi) is 4.01. The first kappa shape index (κ1) is 12.9. The summed E-state index contributed by atoms with van der Waals surface area (Å²) >= 11 is 5.67. The zero-order chi connectivity index (χ0) is 13.0. The molecule has 0 unspecified atom stereocenters. The topological polar surface area (TPSA) is 93.2 Å². The van der Waals surface area contributed by atoms with Gasteiger partial charge in [-0.25, -0.2) is 0 Å². The van der Waals surface area contributed by atoms with Gasteiger partial charge < -0.3 is 4.74 Å². The van der Waals surface area contributed by atoms with E-state index in [4.69, 9.17) is 16.9 Å². The number of benzene rings is 1. The summed E-state index contributed by atoms with van der Waals surface area (Å²) in [6.45, 7) is 0. The van der Waals surface area contributed by atoms with E-state index in [1.54, 1.807) is 6.07 Å². The monoisotopic (exact) mass is 254 g/mol. The summed E-state index contributed by atoms with van der Waals surface area (Å²) in [6, 6.07) is 4.32. The van der Waals surface area contributed by atoms with Crippen molar-refractivity contribution in [3.05, 3.63) is 38.4 Å². The maximum Gasteiger partial charge on any atom is 0.310 e. The van der Waals surface area contributed by atoms with Gasteiger partial charge >= 0.3 is 5.97 Å². The molecule has 0 heterocycles. The van der Waals surface area contributed by atoms with Gasteiger partial charge in [-0.1, -0.05) is 17.7 Å². The number of hydrogen-bond acceptors (Lipinski definition) is 5. The zero-order valence-corrected chi connectivity index (χ0v) is 9.52. The summed E-state index contributed by atoms with van der Waals surface area (Å²) in [7, 11) is 1.18. The molecule has 1 aromatic carbocycles. The highest BCUT2D eigenvalue weighted by molar-refractivity contribution is 6.32. The Morgan fingerprint density at radius 3 is 2.76 bits per heavy atom. The molecule has 0 aliphatic rings. The van der Waals surface area contributed by atoms with Crippen LogP contribution in [-0.4, -0.2) is 18.0 Å². The number of nitriles is 1. The van der Waals surface area contributed by atoms with E-state index in [9.17, 15) is 14.9 Å². The predicted molar refractivity (Wildman–Crippen MR) is 58.5 cm³/mol. The lowest BCUT2D eigenvalue weighted by Crippen LogP contribution is -2.08. The van der Waals surface area contributed by atoms with Crippen molar-refractivity contribution in [3.63, 3.8) is 0 Å². The minimum atomic E-state index is -0.733. The smallest absolute Gasteiger partial charge is 0.310 e. The van der Waals surface area contributed by atoms with E-state index in [1.165, 1.54) is 19.2 Å². The molecule has 88 valence electrons. The second-order valence-corrected chi connectivity index (χ2v) is 3.46. The lowest BCUT2D eigenvalue weighted by Gasteiger charge is -2.04. The zero-order valence-electron chi connectivity index (χ0n) is 8.77. The Morgan fingerprint density at radius 2 is 2.29 bits per heavy atom. The fourth-order valence-electron chi connectivity index (χ4n) is 1.29. The highest BCUT2D eigenvalue weighted by Crippen LogP contribution is 2.30. The van der Waals surface area contributed by atoms with Gasteiger partial charge in [0.25, 0.3) is 5.69 Å². The van der Waals surface area contributed by atoms with Crippen LogP contribution in [0.1, 0.15) is 11.1 Å². The normalized spacial score (nSPS) is 9.47. The van der Waals surface area contributed by atoms with Crippen molar-refractivity contribution >= 4 is 23.3 Å². The van der Waals surface area contributed by atoms with E-state index < -0.39 is 16.6 Å². The standard InChI is InChI=1S/C10H7ClN2O4/c1-17-9(14)4-6-2-3-8(11)7(5-12)10(6)13(15)16/h2-3H,4H2,1H3. The number of halogens is 1. The van der Waals surface area contributed by atoms with Crippen LogP contribution in [0.4, 0.5) is 5.69 Å². The van der Waals surface area contributed by atoms with E-state index in [-0.39, 0.29) is 22.6 Å². The predicted octanol–water partition coefficient (Wildman–Crippen LogP) is 1.84. The number of carbonyl (C=O) groups excluding carboxylic acids is 1. The van der Waals surface area contributed by atoms with Crippen molar-refractivity contribution in [2.45, 2.75) is 6.42 Å². The quantitative estimate of drug-likeness (QED) is 0.466. The van der Waals surface area contributed by atoms with Crippen LogP contribution in [0.5, 0.6) is 0 Å². The molecular formula is C10H7ClN2O4. The number of carbonyl (C=O) groups is 1. The average Bonchev–Trinajstić information content (AvgIpc) is 2.30. The van der Waals surface area contributed by atoms with Gasteiger partial charge in [-0.05, 0) is 6.07 Å². The minimum absolute atomic E-state index is 0.0205. The first-order valence-electron chi connectivity index (χ1n) is 4.44. The highest BCUT2D eigenvalue weighted by Gasteiger charge is 2.24. The lowest BCUT2D eigenvalue weighted by molar-refractivity contribution is -0.385. The molecule has 0 aromatic heterocycles. The number of nitro groups is 1. The second-order valence-electron chi connectivity index (χ2n) is 3.05. The molecule has 0 bridgehead atoms. The summed E-state index contributed by atoms with van der Waals surface area (Å²) < 4.78 is 4.42. The van der Waals surface area contributed by atoms with E-state index in [2.05, 4.69) is 4.74 Å². The van der Waals surface area contributed by atoms with Crippen LogP contribution in [0.15, 0.2) is 12.1 Å². The molecule has 1 rings (SSSR count). The van der Waals surface area contributed by atoms with Gasteiger partial charge in [0.1, 0.15) is 11.6 Å². The molecule has 0 amide bonds. The van der Waals surface area contributed by atoms with Crippen LogP contribution in [0.3, 0.4) is 0 Å². The number of rotatable bonds is 3. The summed E-state index contributed by atoms with van der Waals surface area (Å²) in [5, 5.41) is 19.7. The largest absolute Gasteiger partial charge is 0.469 e. The molecule has 0 aliphatic carbocycles. The Morgan fingerprint density at radius 1 is 1.65 bits per heavy atom. The first-order valence-corrected chi connectivity index (χ1v) is 4.81. The average molecular weight is 255 g/mol. The highest BCUT2D eigenvalue weighted by atomic mass is 35.5. The summed E-state index contributed by atoms with van der Waals surface area (Å²) in [6.07, 6.45) is -0.279. The van der Waals surface area contributed by atoms with Gasteiger partial charge in [0.05, 0.1) is 23.5 Å². The fourth-order valence-corrected chi connectivity index (χ4v) is 1.49. The molecule has 0 saturated carbocycles. The van der Waals surface area contributed by atoms with E-state index in [0.29, 0.717) is 0 Å². The molecule has 0 spiro atoms. The molecule has 0 aliphatic heterocycles. The minimum Gasteiger partial charge on any atom is -0.469 e. The number of nitrogens with zero attached hydrogens (tertiary/aromatic N) is 2. The maximum atomic E-state index is 11.1. The Balaban J connectivity index is 3.37. The molecule has 0 saturated heterocycles. The Labute approximate surface area is 102 Å². The second kappa shape index (κ2) is 5.27. The van der Waals surface area contributed by atoms with Gasteiger partial charge in [0.15, 0.2) is 0 Å². The maximum absolute atomic E-state index is 11.1. The van der Waals surface area contributed by atoms with Crippen LogP contribution in [0.25, 0.3) is 0 Å². The lowest BCUT2D eigenvalue weighted by atomic mass is 10.1. The molecule has 0 radical (unpaired) electrons. The molecule has 7 heteroatoms. The van der Waals surface area contributed by atoms with Gasteiger partial charge in [-0.15, -0.1) is 0 Å². The summed E-state index contributed by atoms with van der Waals surface area (Å²) in [5.41, 5.74) is -0.605. The van der Waals surface area contributed by atoms with Gasteiger partial charge in [-0.2, -0.15) is 5.26 Å². The van der Waals surface area contributed by atoms with Gasteiger partial charge in [0, 0.05) is 5.56 Å². The van der Waals surface area contributed by atoms with Crippen molar-refractivity contribution in [2.75, 3.05) is 7.11 Å². The molecule has 6 nitrogen and oxygen atoms in total.